The van der Waals surface area contributed by atoms with Crippen molar-refractivity contribution in [1.82, 2.24) is 9.97 Å². The Balaban J connectivity index is 1.75. The first-order valence-electron chi connectivity index (χ1n) is 7.77. The number of hydrogen-bond donors (Lipinski definition) is 1. The molecule has 5 heteroatoms. The van der Waals surface area contributed by atoms with Gasteiger partial charge in [-0.05, 0) is 59.9 Å². The smallest absolute Gasteiger partial charge is 0.224 e. The predicted octanol–water partition coefficient (Wildman–Crippen LogP) is 3.69. The van der Waals surface area contributed by atoms with Gasteiger partial charge >= 0.3 is 0 Å². The number of nitrogens with one attached hydrogen (secondary N) is 1. The van der Waals surface area contributed by atoms with E-state index in [0.717, 1.165) is 54.1 Å². The third kappa shape index (κ3) is 3.84. The van der Waals surface area contributed by atoms with E-state index in [1.807, 2.05) is 6.20 Å². The Kier molecular flexibility index (Phi) is 4.44. The van der Waals surface area contributed by atoms with Crippen LogP contribution in [0.2, 0.25) is 0 Å². The van der Waals surface area contributed by atoms with Crippen LogP contribution < -0.4 is 10.2 Å². The van der Waals surface area contributed by atoms with Crippen molar-refractivity contribution in [3.63, 3.8) is 0 Å². The summed E-state index contributed by atoms with van der Waals surface area (Å²) in [5, 5.41) is 3.28. The zero-order valence-corrected chi connectivity index (χ0v) is 13.7. The first-order chi connectivity index (χ1) is 9.76. The molecule has 3 rings (SSSR count). The minimum Gasteiger partial charge on any atom is -0.355 e. The van der Waals surface area contributed by atoms with Gasteiger partial charge < -0.3 is 10.2 Å². The molecule has 2 fully saturated rings. The lowest BCUT2D eigenvalue weighted by molar-refractivity contribution is 0.669. The van der Waals surface area contributed by atoms with Crippen LogP contribution in [0.15, 0.2) is 10.7 Å². The SMILES string of the molecule is CCCNc1ncc(Br)c(N(CC2CC2)CC2CC2)n1. The maximum atomic E-state index is 4.73. The van der Waals surface area contributed by atoms with Crippen LogP contribution >= 0.6 is 15.9 Å². The van der Waals surface area contributed by atoms with E-state index in [4.69, 9.17) is 4.98 Å². The molecule has 0 amide bonds. The topological polar surface area (TPSA) is 41.1 Å². The van der Waals surface area contributed by atoms with Crippen molar-refractivity contribution in [1.29, 1.82) is 0 Å². The van der Waals surface area contributed by atoms with Crippen LogP contribution in [0, 0.1) is 11.8 Å². The standard InChI is InChI=1S/C15H23BrN4/c1-2-7-17-15-18-8-13(16)14(19-15)20(9-11-3-4-11)10-12-5-6-12/h8,11-12H,2-7,9-10H2,1H3,(H,17,18,19). The van der Waals surface area contributed by atoms with E-state index in [-0.39, 0.29) is 0 Å². The molecule has 0 unspecified atom stereocenters. The molecule has 0 aromatic carbocycles. The highest BCUT2D eigenvalue weighted by atomic mass is 79.9. The molecule has 0 bridgehead atoms. The fourth-order valence-corrected chi connectivity index (χ4v) is 2.82. The average molecular weight is 339 g/mol. The van der Waals surface area contributed by atoms with E-state index in [1.54, 1.807) is 0 Å². The van der Waals surface area contributed by atoms with E-state index in [0.29, 0.717) is 0 Å². The Morgan fingerprint density at radius 3 is 2.45 bits per heavy atom. The Hall–Kier alpha value is -0.840. The summed E-state index contributed by atoms with van der Waals surface area (Å²) in [4.78, 5) is 11.6. The van der Waals surface area contributed by atoms with Gasteiger partial charge in [0.05, 0.1) is 4.47 Å². The van der Waals surface area contributed by atoms with Gasteiger partial charge in [-0.3, -0.25) is 0 Å². The summed E-state index contributed by atoms with van der Waals surface area (Å²) >= 11 is 3.63. The van der Waals surface area contributed by atoms with E-state index in [1.165, 1.54) is 25.7 Å². The highest BCUT2D eigenvalue weighted by Crippen LogP contribution is 2.37. The predicted molar refractivity (Wildman–Crippen MR) is 86.2 cm³/mol. The van der Waals surface area contributed by atoms with Gasteiger partial charge in [0, 0.05) is 25.8 Å². The Morgan fingerprint density at radius 2 is 1.90 bits per heavy atom. The van der Waals surface area contributed by atoms with Crippen LogP contribution in [-0.4, -0.2) is 29.6 Å². The minimum atomic E-state index is 0.752. The molecule has 0 aliphatic heterocycles. The molecule has 2 aliphatic carbocycles. The maximum absolute atomic E-state index is 4.73. The highest BCUT2D eigenvalue weighted by molar-refractivity contribution is 9.10. The van der Waals surface area contributed by atoms with E-state index < -0.39 is 0 Å². The maximum Gasteiger partial charge on any atom is 0.224 e. The zero-order chi connectivity index (χ0) is 13.9. The summed E-state index contributed by atoms with van der Waals surface area (Å²) < 4.78 is 1.01. The molecule has 1 aromatic rings. The Morgan fingerprint density at radius 1 is 1.25 bits per heavy atom. The molecule has 110 valence electrons. The van der Waals surface area contributed by atoms with E-state index in [9.17, 15) is 0 Å². The second kappa shape index (κ2) is 6.29. The molecule has 2 aliphatic rings. The fraction of sp³-hybridized carbons (Fsp3) is 0.733. The van der Waals surface area contributed by atoms with Crippen molar-refractivity contribution >= 4 is 27.7 Å². The summed E-state index contributed by atoms with van der Waals surface area (Å²) in [7, 11) is 0. The average Bonchev–Trinajstić information content (AvgIpc) is 3.32. The van der Waals surface area contributed by atoms with Crippen LogP contribution in [0.3, 0.4) is 0 Å². The van der Waals surface area contributed by atoms with Crippen molar-refractivity contribution < 1.29 is 0 Å². The lowest BCUT2D eigenvalue weighted by Crippen LogP contribution is -2.29. The van der Waals surface area contributed by atoms with Crippen LogP contribution in [-0.2, 0) is 0 Å². The Bertz CT molecular complexity index is 443. The van der Waals surface area contributed by atoms with Crippen LogP contribution in [0.4, 0.5) is 11.8 Å². The van der Waals surface area contributed by atoms with Crippen molar-refractivity contribution in [3.05, 3.63) is 10.7 Å². The van der Waals surface area contributed by atoms with Crippen molar-refractivity contribution in [3.8, 4) is 0 Å². The van der Waals surface area contributed by atoms with Crippen LogP contribution in [0.5, 0.6) is 0 Å². The summed E-state index contributed by atoms with van der Waals surface area (Å²) in [6, 6.07) is 0. The van der Waals surface area contributed by atoms with Gasteiger partial charge in [0.25, 0.3) is 0 Å². The molecule has 20 heavy (non-hydrogen) atoms. The van der Waals surface area contributed by atoms with Gasteiger partial charge in [-0.15, -0.1) is 0 Å². The van der Waals surface area contributed by atoms with Crippen molar-refractivity contribution in [2.24, 2.45) is 11.8 Å². The van der Waals surface area contributed by atoms with Crippen molar-refractivity contribution in [2.75, 3.05) is 29.9 Å². The lowest BCUT2D eigenvalue weighted by atomic mass is 10.3. The molecule has 1 aromatic heterocycles. The number of nitrogens with zero attached hydrogens (tertiary/aromatic N) is 3. The lowest BCUT2D eigenvalue weighted by Gasteiger charge is -2.25. The molecule has 0 spiro atoms. The van der Waals surface area contributed by atoms with E-state index in [2.05, 4.69) is 38.1 Å². The number of rotatable bonds is 8. The van der Waals surface area contributed by atoms with Gasteiger partial charge in [0.15, 0.2) is 0 Å². The molecule has 0 saturated heterocycles. The largest absolute Gasteiger partial charge is 0.355 e. The monoisotopic (exact) mass is 338 g/mol. The third-order valence-corrected chi connectivity index (χ3v) is 4.47. The Labute approximate surface area is 129 Å². The minimum absolute atomic E-state index is 0.752. The van der Waals surface area contributed by atoms with Gasteiger partial charge in [-0.2, -0.15) is 4.98 Å². The summed E-state index contributed by atoms with van der Waals surface area (Å²) in [5.74, 6) is 3.57. The second-order valence-electron chi connectivity index (χ2n) is 6.08. The first kappa shape index (κ1) is 14.1. The summed E-state index contributed by atoms with van der Waals surface area (Å²) in [5.41, 5.74) is 0. The molecule has 0 atom stereocenters. The molecule has 1 N–H and O–H groups in total. The number of anilines is 2. The number of hydrogen-bond acceptors (Lipinski definition) is 4. The first-order valence-corrected chi connectivity index (χ1v) is 8.57. The van der Waals surface area contributed by atoms with Gasteiger partial charge in [-0.25, -0.2) is 4.98 Å². The molecule has 1 heterocycles. The molecule has 4 nitrogen and oxygen atoms in total. The molecule has 0 radical (unpaired) electrons. The normalized spacial score (nSPS) is 18.1. The van der Waals surface area contributed by atoms with Crippen LogP contribution in [0.25, 0.3) is 0 Å². The highest BCUT2D eigenvalue weighted by Gasteiger charge is 2.30. The van der Waals surface area contributed by atoms with E-state index >= 15 is 0 Å². The fourth-order valence-electron chi connectivity index (χ4n) is 2.37. The third-order valence-electron chi connectivity index (χ3n) is 3.91. The van der Waals surface area contributed by atoms with Gasteiger partial charge in [0.1, 0.15) is 5.82 Å². The van der Waals surface area contributed by atoms with Gasteiger partial charge in [-0.1, -0.05) is 6.92 Å². The number of aromatic nitrogens is 2. The summed E-state index contributed by atoms with van der Waals surface area (Å²) in [6.07, 6.45) is 8.49. The zero-order valence-electron chi connectivity index (χ0n) is 12.1. The molecule has 2 saturated carbocycles. The van der Waals surface area contributed by atoms with Crippen molar-refractivity contribution in [2.45, 2.75) is 39.0 Å². The van der Waals surface area contributed by atoms with Crippen LogP contribution in [0.1, 0.15) is 39.0 Å². The quantitative estimate of drug-likeness (QED) is 0.784. The van der Waals surface area contributed by atoms with Gasteiger partial charge in [0.2, 0.25) is 5.95 Å². The molecular weight excluding hydrogens is 316 g/mol. The second-order valence-corrected chi connectivity index (χ2v) is 6.94. The summed E-state index contributed by atoms with van der Waals surface area (Å²) in [6.45, 7) is 5.38. The number of halogens is 1. The molecular formula is C15H23BrN4.